The van der Waals surface area contributed by atoms with Gasteiger partial charge < -0.3 is 10.1 Å². The van der Waals surface area contributed by atoms with E-state index in [-0.39, 0.29) is 22.1 Å². The highest BCUT2D eigenvalue weighted by Crippen LogP contribution is 2.27. The Hall–Kier alpha value is -2.19. The minimum atomic E-state index is -1.01. The fraction of sp³-hybridized carbons (Fsp3) is 0.133. The van der Waals surface area contributed by atoms with Gasteiger partial charge in [-0.3, -0.25) is 14.9 Å². The number of ether oxygens (including phenoxy) is 1. The smallest absolute Gasteiger partial charge is 0.271 e. The van der Waals surface area contributed by atoms with Gasteiger partial charge >= 0.3 is 0 Å². The van der Waals surface area contributed by atoms with E-state index >= 15 is 0 Å². The molecule has 0 aliphatic rings. The fourth-order valence-corrected chi connectivity index (χ4v) is 2.32. The van der Waals surface area contributed by atoms with Crippen molar-refractivity contribution in [2.24, 2.45) is 0 Å². The maximum Gasteiger partial charge on any atom is 0.271 e. The van der Waals surface area contributed by atoms with Gasteiger partial charge in [-0.15, -0.1) is 0 Å². The number of carbonyl (C=O) groups is 1. The van der Waals surface area contributed by atoms with Crippen molar-refractivity contribution >= 4 is 44.8 Å². The van der Waals surface area contributed by atoms with Crippen molar-refractivity contribution in [2.75, 3.05) is 5.32 Å². The van der Waals surface area contributed by atoms with Gasteiger partial charge in [0.1, 0.15) is 0 Å². The van der Waals surface area contributed by atoms with E-state index in [9.17, 15) is 19.3 Å². The third-order valence-corrected chi connectivity index (χ3v) is 3.79. The molecule has 2 aromatic carbocycles. The third-order valence-electron chi connectivity index (χ3n) is 2.99. The number of nitro groups is 1. The van der Waals surface area contributed by atoms with Gasteiger partial charge in [-0.2, -0.15) is 0 Å². The minimum absolute atomic E-state index is 0.0135. The number of hydrogen-bond acceptors (Lipinski definition) is 4. The molecule has 0 fully saturated rings. The lowest BCUT2D eigenvalue weighted by Crippen LogP contribution is -2.30. The van der Waals surface area contributed by atoms with E-state index in [0.717, 1.165) is 6.07 Å². The molecule has 1 N–H and O–H groups in total. The lowest BCUT2D eigenvalue weighted by atomic mass is 10.2. The van der Waals surface area contributed by atoms with Gasteiger partial charge in [-0.05, 0) is 31.2 Å². The number of rotatable bonds is 5. The summed E-state index contributed by atoms with van der Waals surface area (Å²) in [5.74, 6) is -1.26. The SMILES string of the molecule is CC(Oc1ccc(Br)cc1F)C(=O)Nc1ccc([N+](=O)[O-])cc1Cl. The fourth-order valence-electron chi connectivity index (χ4n) is 1.77. The van der Waals surface area contributed by atoms with Gasteiger partial charge in [0, 0.05) is 16.6 Å². The summed E-state index contributed by atoms with van der Waals surface area (Å²) in [5.41, 5.74) is -0.00164. The Labute approximate surface area is 149 Å². The van der Waals surface area contributed by atoms with Crippen molar-refractivity contribution in [1.29, 1.82) is 0 Å². The average Bonchev–Trinajstić information content (AvgIpc) is 2.51. The van der Waals surface area contributed by atoms with Crippen LogP contribution in [0.4, 0.5) is 15.8 Å². The summed E-state index contributed by atoms with van der Waals surface area (Å²) in [6.07, 6.45) is -1.01. The lowest BCUT2D eigenvalue weighted by molar-refractivity contribution is -0.384. The van der Waals surface area contributed by atoms with Crippen LogP contribution in [0.3, 0.4) is 0 Å². The first-order valence-corrected chi connectivity index (χ1v) is 7.81. The third kappa shape index (κ3) is 4.42. The summed E-state index contributed by atoms with van der Waals surface area (Å²) in [6.45, 7) is 1.44. The monoisotopic (exact) mass is 416 g/mol. The first-order valence-electron chi connectivity index (χ1n) is 6.64. The molecular formula is C15H11BrClFN2O4. The van der Waals surface area contributed by atoms with Crippen LogP contribution in [0, 0.1) is 15.9 Å². The molecule has 6 nitrogen and oxygen atoms in total. The Balaban J connectivity index is 2.07. The number of nitrogens with one attached hydrogen (secondary N) is 1. The minimum Gasteiger partial charge on any atom is -0.478 e. The number of nitrogens with zero attached hydrogens (tertiary/aromatic N) is 1. The summed E-state index contributed by atoms with van der Waals surface area (Å²) in [5, 5.41) is 13.1. The van der Waals surface area contributed by atoms with Crippen molar-refractivity contribution < 1.29 is 18.8 Å². The molecule has 0 aliphatic heterocycles. The summed E-state index contributed by atoms with van der Waals surface area (Å²) in [4.78, 5) is 22.2. The largest absolute Gasteiger partial charge is 0.478 e. The number of nitro benzene ring substituents is 1. The number of anilines is 1. The Bertz CT molecular complexity index is 803. The molecule has 2 rings (SSSR count). The highest BCUT2D eigenvalue weighted by molar-refractivity contribution is 9.10. The Morgan fingerprint density at radius 1 is 1.38 bits per heavy atom. The van der Waals surface area contributed by atoms with Crippen LogP contribution in [0.2, 0.25) is 5.02 Å². The highest BCUT2D eigenvalue weighted by Gasteiger charge is 2.19. The van der Waals surface area contributed by atoms with Gasteiger partial charge in [-0.25, -0.2) is 4.39 Å². The molecule has 0 saturated carbocycles. The second kappa shape index (κ2) is 7.59. The molecule has 0 aromatic heterocycles. The number of benzene rings is 2. The van der Waals surface area contributed by atoms with Crippen LogP contribution in [-0.2, 0) is 4.79 Å². The van der Waals surface area contributed by atoms with Crippen LogP contribution < -0.4 is 10.1 Å². The van der Waals surface area contributed by atoms with E-state index in [0.29, 0.717) is 4.47 Å². The number of hydrogen-bond donors (Lipinski definition) is 1. The molecule has 9 heteroatoms. The topological polar surface area (TPSA) is 81.5 Å². The molecule has 0 bridgehead atoms. The summed E-state index contributed by atoms with van der Waals surface area (Å²) >= 11 is 9.02. The van der Waals surface area contributed by atoms with E-state index in [1.54, 1.807) is 6.07 Å². The van der Waals surface area contributed by atoms with Crippen molar-refractivity contribution in [1.82, 2.24) is 0 Å². The molecule has 24 heavy (non-hydrogen) atoms. The summed E-state index contributed by atoms with van der Waals surface area (Å²) < 4.78 is 19.5. The van der Waals surface area contributed by atoms with Crippen LogP contribution in [0.25, 0.3) is 0 Å². The van der Waals surface area contributed by atoms with Crippen molar-refractivity contribution in [3.05, 3.63) is 61.8 Å². The second-order valence-corrected chi connectivity index (χ2v) is 6.07. The van der Waals surface area contributed by atoms with Crippen LogP contribution in [0.15, 0.2) is 40.9 Å². The van der Waals surface area contributed by atoms with Crippen molar-refractivity contribution in [3.63, 3.8) is 0 Å². The molecule has 2 aromatic rings. The molecule has 0 aliphatic carbocycles. The van der Waals surface area contributed by atoms with Crippen LogP contribution >= 0.6 is 27.5 Å². The van der Waals surface area contributed by atoms with Crippen LogP contribution in [0.5, 0.6) is 5.75 Å². The molecule has 126 valence electrons. The quantitative estimate of drug-likeness (QED) is 0.571. The number of amides is 1. The molecule has 1 atom stereocenters. The van der Waals surface area contributed by atoms with E-state index in [2.05, 4.69) is 21.2 Å². The predicted octanol–water partition coefficient (Wildman–Crippen LogP) is 4.56. The van der Waals surface area contributed by atoms with E-state index in [4.69, 9.17) is 16.3 Å². The van der Waals surface area contributed by atoms with Gasteiger partial charge in [0.05, 0.1) is 15.6 Å². The van der Waals surface area contributed by atoms with Crippen molar-refractivity contribution in [2.45, 2.75) is 13.0 Å². The van der Waals surface area contributed by atoms with Gasteiger partial charge in [-0.1, -0.05) is 27.5 Å². The first kappa shape index (κ1) is 18.2. The summed E-state index contributed by atoms with van der Waals surface area (Å²) in [6, 6.07) is 7.83. The normalized spacial score (nSPS) is 11.7. The molecule has 1 unspecified atom stereocenters. The Kier molecular flexibility index (Phi) is 5.74. The van der Waals surface area contributed by atoms with Gasteiger partial charge in [0.15, 0.2) is 17.7 Å². The van der Waals surface area contributed by atoms with Crippen LogP contribution in [0.1, 0.15) is 6.92 Å². The summed E-state index contributed by atoms with van der Waals surface area (Å²) in [7, 11) is 0. The van der Waals surface area contributed by atoms with E-state index < -0.39 is 22.8 Å². The average molecular weight is 418 g/mol. The van der Waals surface area contributed by atoms with Gasteiger partial charge in [0.25, 0.3) is 11.6 Å². The lowest BCUT2D eigenvalue weighted by Gasteiger charge is -2.15. The Morgan fingerprint density at radius 3 is 2.67 bits per heavy atom. The van der Waals surface area contributed by atoms with Crippen LogP contribution in [-0.4, -0.2) is 16.9 Å². The zero-order chi connectivity index (χ0) is 17.9. The molecule has 0 radical (unpaired) electrons. The van der Waals surface area contributed by atoms with E-state index in [1.807, 2.05) is 0 Å². The molecule has 1 amide bonds. The molecule has 0 heterocycles. The standard InChI is InChI=1S/C15H11BrClFN2O4/c1-8(24-14-5-2-9(16)6-12(14)18)15(21)19-13-4-3-10(20(22)23)7-11(13)17/h2-8H,1H3,(H,19,21). The van der Waals surface area contributed by atoms with Gasteiger partial charge in [0.2, 0.25) is 0 Å². The predicted molar refractivity (Wildman–Crippen MR) is 90.9 cm³/mol. The maximum absolute atomic E-state index is 13.7. The molecule has 0 spiro atoms. The highest BCUT2D eigenvalue weighted by atomic mass is 79.9. The number of non-ortho nitro benzene ring substituents is 1. The molecular weight excluding hydrogens is 407 g/mol. The van der Waals surface area contributed by atoms with Crippen molar-refractivity contribution in [3.8, 4) is 5.75 Å². The zero-order valence-corrected chi connectivity index (χ0v) is 14.6. The number of carbonyl (C=O) groups excluding carboxylic acids is 1. The first-order chi connectivity index (χ1) is 11.3. The maximum atomic E-state index is 13.7. The second-order valence-electron chi connectivity index (χ2n) is 4.75. The number of halogens is 3. The van der Waals surface area contributed by atoms with E-state index in [1.165, 1.54) is 31.2 Å². The zero-order valence-electron chi connectivity index (χ0n) is 12.3. The Morgan fingerprint density at radius 2 is 2.08 bits per heavy atom. The molecule has 0 saturated heterocycles.